The first-order chi connectivity index (χ1) is 16.5. The summed E-state index contributed by atoms with van der Waals surface area (Å²) in [7, 11) is 0. The molecule has 3 aromatic heterocycles. The van der Waals surface area contributed by atoms with Crippen LogP contribution in [0, 0.1) is 5.82 Å². The number of benzene rings is 1. The quantitative estimate of drug-likeness (QED) is 0.470. The normalized spacial score (nSPS) is 21.0. The van der Waals surface area contributed by atoms with E-state index in [4.69, 9.17) is 0 Å². The summed E-state index contributed by atoms with van der Waals surface area (Å²) in [5.41, 5.74) is 2.08. The highest BCUT2D eigenvalue weighted by atomic mass is 19.1. The van der Waals surface area contributed by atoms with Gasteiger partial charge in [-0.2, -0.15) is 0 Å². The minimum Gasteiger partial charge on any atom is -0.382 e. The molecule has 1 atom stereocenters. The van der Waals surface area contributed by atoms with Crippen LogP contribution in [0.3, 0.4) is 0 Å². The fourth-order valence-corrected chi connectivity index (χ4v) is 5.30. The molecular formula is C25H25FN6O2. The number of halogens is 1. The van der Waals surface area contributed by atoms with E-state index in [1.807, 2.05) is 30.5 Å². The Morgan fingerprint density at radius 3 is 2.65 bits per heavy atom. The first-order valence-corrected chi connectivity index (χ1v) is 11.6. The maximum absolute atomic E-state index is 14.8. The van der Waals surface area contributed by atoms with Crippen molar-refractivity contribution >= 4 is 22.1 Å². The molecule has 0 radical (unpaired) electrons. The lowest BCUT2D eigenvalue weighted by atomic mass is 9.93. The lowest BCUT2D eigenvalue weighted by Crippen LogP contribution is -2.48. The Morgan fingerprint density at radius 1 is 1.06 bits per heavy atom. The average Bonchev–Trinajstić information content (AvgIpc) is 3.17. The van der Waals surface area contributed by atoms with E-state index in [1.54, 1.807) is 6.07 Å². The second-order valence-electron chi connectivity index (χ2n) is 9.29. The van der Waals surface area contributed by atoms with Crippen LogP contribution >= 0.6 is 0 Å². The van der Waals surface area contributed by atoms with Crippen molar-refractivity contribution in [2.75, 3.05) is 19.6 Å². The van der Waals surface area contributed by atoms with E-state index in [-0.39, 0.29) is 24.2 Å². The predicted molar refractivity (Wildman–Crippen MR) is 126 cm³/mol. The van der Waals surface area contributed by atoms with Gasteiger partial charge in [-0.1, -0.05) is 12.1 Å². The van der Waals surface area contributed by atoms with Crippen molar-refractivity contribution in [3.05, 3.63) is 76.2 Å². The lowest BCUT2D eigenvalue weighted by molar-refractivity contribution is -0.0159. The summed E-state index contributed by atoms with van der Waals surface area (Å²) in [5.74, 6) is -0.570. The van der Waals surface area contributed by atoms with Crippen molar-refractivity contribution in [3.8, 4) is 0 Å². The standard InChI is InChI=1S/C25H25FN6O2/c26-18-13-29-21-5-6-22(33)32-15-25(34,23(18)24(21)32)14-31-9-7-16(8-10-31)27-11-17-12-28-19-3-1-2-4-20(19)30-17/h1-6,12-13,16,27,34H,7-11,14-15H2/t25-/m0/s1. The van der Waals surface area contributed by atoms with E-state index in [0.717, 1.165) is 48.9 Å². The highest BCUT2D eigenvalue weighted by Gasteiger charge is 2.43. The molecule has 1 saturated heterocycles. The number of pyridine rings is 2. The Bertz CT molecular complexity index is 1450. The monoisotopic (exact) mass is 460 g/mol. The molecule has 4 aromatic rings. The van der Waals surface area contributed by atoms with Gasteiger partial charge in [-0.05, 0) is 44.1 Å². The fraction of sp³-hybridized carbons (Fsp3) is 0.360. The van der Waals surface area contributed by atoms with Crippen molar-refractivity contribution in [2.45, 2.75) is 37.6 Å². The van der Waals surface area contributed by atoms with Crippen LogP contribution in [0.15, 0.2) is 53.6 Å². The van der Waals surface area contributed by atoms with E-state index < -0.39 is 11.4 Å². The molecule has 0 spiro atoms. The zero-order chi connectivity index (χ0) is 23.3. The van der Waals surface area contributed by atoms with Crippen LogP contribution in [0.4, 0.5) is 4.39 Å². The number of para-hydroxylation sites is 2. The Hall–Kier alpha value is -3.27. The van der Waals surface area contributed by atoms with Gasteiger partial charge in [0.15, 0.2) is 0 Å². The first kappa shape index (κ1) is 21.3. The smallest absolute Gasteiger partial charge is 0.251 e. The highest BCUT2D eigenvalue weighted by Crippen LogP contribution is 2.37. The van der Waals surface area contributed by atoms with Gasteiger partial charge in [0, 0.05) is 25.2 Å². The Kier molecular flexibility index (Phi) is 5.13. The van der Waals surface area contributed by atoms with Gasteiger partial charge in [-0.25, -0.2) is 9.37 Å². The molecule has 0 bridgehead atoms. The number of nitrogens with one attached hydrogen (secondary N) is 1. The molecular weight excluding hydrogens is 435 g/mol. The number of hydrogen-bond acceptors (Lipinski definition) is 7. The third-order valence-corrected chi connectivity index (χ3v) is 6.98. The van der Waals surface area contributed by atoms with Crippen LogP contribution in [0.25, 0.3) is 22.1 Å². The maximum Gasteiger partial charge on any atom is 0.251 e. The number of hydrogen-bond donors (Lipinski definition) is 2. The third-order valence-electron chi connectivity index (χ3n) is 6.98. The zero-order valence-electron chi connectivity index (χ0n) is 18.6. The molecule has 6 rings (SSSR count). The number of fused-ring (bicyclic) bond motifs is 1. The SMILES string of the molecule is O=c1ccc2ncc(F)c3c2n1C[C@@]3(O)CN1CCC(NCc2cnc3ccccc3n2)CC1. The molecule has 34 heavy (non-hydrogen) atoms. The molecule has 0 saturated carbocycles. The molecule has 0 unspecified atom stereocenters. The maximum atomic E-state index is 14.8. The van der Waals surface area contributed by atoms with Crippen LogP contribution in [0.5, 0.6) is 0 Å². The molecule has 1 aromatic carbocycles. The van der Waals surface area contributed by atoms with Gasteiger partial charge >= 0.3 is 0 Å². The van der Waals surface area contributed by atoms with Crippen LogP contribution < -0.4 is 10.9 Å². The first-order valence-electron chi connectivity index (χ1n) is 11.6. The fourth-order valence-electron chi connectivity index (χ4n) is 5.30. The van der Waals surface area contributed by atoms with Crippen LogP contribution in [-0.2, 0) is 18.7 Å². The van der Waals surface area contributed by atoms with E-state index in [9.17, 15) is 14.3 Å². The number of aromatic nitrogens is 4. The van der Waals surface area contributed by atoms with E-state index in [2.05, 4.69) is 25.2 Å². The van der Waals surface area contributed by atoms with Crippen molar-refractivity contribution < 1.29 is 9.50 Å². The number of aliphatic hydroxyl groups is 1. The topological polar surface area (TPSA) is 96.2 Å². The summed E-state index contributed by atoms with van der Waals surface area (Å²) < 4.78 is 16.2. The van der Waals surface area contributed by atoms with Crippen molar-refractivity contribution in [1.29, 1.82) is 0 Å². The number of likely N-dealkylation sites (tertiary alicyclic amines) is 1. The summed E-state index contributed by atoms with van der Waals surface area (Å²) in [4.78, 5) is 27.7. The van der Waals surface area contributed by atoms with E-state index >= 15 is 0 Å². The van der Waals surface area contributed by atoms with Crippen molar-refractivity contribution in [3.63, 3.8) is 0 Å². The summed E-state index contributed by atoms with van der Waals surface area (Å²) in [6.07, 6.45) is 4.74. The minimum absolute atomic E-state index is 0.0416. The molecule has 0 amide bonds. The number of nitrogens with zero attached hydrogens (tertiary/aromatic N) is 5. The zero-order valence-corrected chi connectivity index (χ0v) is 18.6. The minimum atomic E-state index is -1.46. The Morgan fingerprint density at radius 2 is 1.82 bits per heavy atom. The molecule has 5 heterocycles. The molecule has 8 nitrogen and oxygen atoms in total. The molecule has 9 heteroatoms. The molecule has 174 valence electrons. The molecule has 2 aliphatic heterocycles. The summed E-state index contributed by atoms with van der Waals surface area (Å²) in [6, 6.07) is 11.1. The van der Waals surface area contributed by atoms with Gasteiger partial charge in [0.1, 0.15) is 11.4 Å². The van der Waals surface area contributed by atoms with Crippen LogP contribution in [0.2, 0.25) is 0 Å². The molecule has 2 N–H and O–H groups in total. The second kappa shape index (κ2) is 8.19. The summed E-state index contributed by atoms with van der Waals surface area (Å²) in [6.45, 7) is 2.49. The second-order valence-corrected chi connectivity index (χ2v) is 9.29. The van der Waals surface area contributed by atoms with E-state index in [0.29, 0.717) is 23.6 Å². The van der Waals surface area contributed by atoms with Gasteiger partial charge in [-0.3, -0.25) is 19.7 Å². The Labute approximate surface area is 195 Å². The van der Waals surface area contributed by atoms with Gasteiger partial charge < -0.3 is 15.0 Å². The van der Waals surface area contributed by atoms with Gasteiger partial charge in [0.2, 0.25) is 0 Å². The molecule has 2 aliphatic rings. The average molecular weight is 461 g/mol. The Balaban J connectivity index is 1.11. The van der Waals surface area contributed by atoms with Gasteiger partial charge in [0.25, 0.3) is 5.56 Å². The number of rotatable bonds is 5. The number of β-amino-alcohol motifs (C(OH)–C–C–N with tert-alkyl or cyclic N) is 1. The molecule has 1 fully saturated rings. The van der Waals surface area contributed by atoms with Crippen LogP contribution in [-0.4, -0.2) is 55.2 Å². The van der Waals surface area contributed by atoms with Crippen molar-refractivity contribution in [2.24, 2.45) is 0 Å². The highest BCUT2D eigenvalue weighted by molar-refractivity contribution is 5.81. The third kappa shape index (κ3) is 3.66. The predicted octanol–water partition coefficient (Wildman–Crippen LogP) is 1.93. The summed E-state index contributed by atoms with van der Waals surface area (Å²) in [5, 5.41) is 15.1. The van der Waals surface area contributed by atoms with Gasteiger partial charge in [-0.15, -0.1) is 0 Å². The largest absolute Gasteiger partial charge is 0.382 e. The van der Waals surface area contributed by atoms with Crippen molar-refractivity contribution in [1.82, 2.24) is 29.7 Å². The number of piperidine rings is 1. The lowest BCUT2D eigenvalue weighted by Gasteiger charge is -2.37. The van der Waals surface area contributed by atoms with Gasteiger partial charge in [0.05, 0.1) is 52.3 Å². The molecule has 0 aliphatic carbocycles. The van der Waals surface area contributed by atoms with Crippen LogP contribution in [0.1, 0.15) is 24.1 Å². The summed E-state index contributed by atoms with van der Waals surface area (Å²) >= 11 is 0. The van der Waals surface area contributed by atoms with E-state index in [1.165, 1.54) is 10.6 Å².